The highest BCUT2D eigenvalue weighted by atomic mass is 19.4. The van der Waals surface area contributed by atoms with E-state index in [-0.39, 0.29) is 5.92 Å². The summed E-state index contributed by atoms with van der Waals surface area (Å²) in [6.45, 7) is 0.817. The van der Waals surface area contributed by atoms with Gasteiger partial charge in [-0.25, -0.2) is 0 Å². The molecule has 0 spiro atoms. The van der Waals surface area contributed by atoms with Crippen molar-refractivity contribution >= 4 is 0 Å². The van der Waals surface area contributed by atoms with Crippen LogP contribution in [0.2, 0.25) is 0 Å². The second kappa shape index (κ2) is 2.94. The molecule has 2 N–H and O–H groups in total. The van der Waals surface area contributed by atoms with Crippen molar-refractivity contribution in [1.82, 2.24) is 10.1 Å². The molecule has 1 fully saturated rings. The van der Waals surface area contributed by atoms with Crippen molar-refractivity contribution in [3.05, 3.63) is 11.7 Å². The van der Waals surface area contributed by atoms with Crippen LogP contribution in [-0.4, -0.2) is 16.3 Å². The minimum atomic E-state index is -4.60. The van der Waals surface area contributed by atoms with E-state index in [1.54, 1.807) is 0 Å². The molecule has 1 saturated carbocycles. The zero-order chi connectivity index (χ0) is 11.3. The molecule has 0 aliphatic heterocycles. The SMILES string of the molecule is CC(N)(c1nc(C2CC2)no1)C(F)(F)F. The number of alkyl halides is 3. The van der Waals surface area contributed by atoms with E-state index in [2.05, 4.69) is 14.7 Å². The summed E-state index contributed by atoms with van der Waals surface area (Å²) in [5.41, 5.74) is 2.55. The first kappa shape index (κ1) is 10.4. The molecule has 0 bridgehead atoms. The molecule has 1 aromatic rings. The number of hydrogen-bond donors (Lipinski definition) is 1. The van der Waals surface area contributed by atoms with E-state index >= 15 is 0 Å². The van der Waals surface area contributed by atoms with Gasteiger partial charge in [0.25, 0.3) is 5.89 Å². The summed E-state index contributed by atoms with van der Waals surface area (Å²) in [4.78, 5) is 3.69. The molecule has 1 unspecified atom stereocenters. The number of hydrogen-bond acceptors (Lipinski definition) is 4. The van der Waals surface area contributed by atoms with Crippen LogP contribution in [0.5, 0.6) is 0 Å². The lowest BCUT2D eigenvalue weighted by Crippen LogP contribution is -2.48. The molecule has 1 aliphatic carbocycles. The Hall–Kier alpha value is -1.11. The third-order valence-electron chi connectivity index (χ3n) is 2.42. The maximum atomic E-state index is 12.5. The predicted molar refractivity (Wildman–Crippen MR) is 43.9 cm³/mol. The Bertz CT molecular complexity index is 367. The van der Waals surface area contributed by atoms with Gasteiger partial charge in [-0.05, 0) is 19.8 Å². The molecule has 0 radical (unpaired) electrons. The highest BCUT2D eigenvalue weighted by molar-refractivity contribution is 5.09. The largest absolute Gasteiger partial charge is 0.415 e. The average Bonchev–Trinajstić information content (AvgIpc) is 2.81. The molecular weight excluding hydrogens is 211 g/mol. The highest BCUT2D eigenvalue weighted by Gasteiger charge is 2.54. The van der Waals surface area contributed by atoms with Gasteiger partial charge < -0.3 is 10.3 Å². The monoisotopic (exact) mass is 221 g/mol. The first-order valence-electron chi connectivity index (χ1n) is 4.52. The highest BCUT2D eigenvalue weighted by Crippen LogP contribution is 2.40. The fourth-order valence-electron chi connectivity index (χ4n) is 1.07. The Kier molecular flexibility index (Phi) is 2.04. The summed E-state index contributed by atoms with van der Waals surface area (Å²) in [7, 11) is 0. The molecular formula is C8H10F3N3O. The number of aromatic nitrogens is 2. The molecule has 1 aromatic heterocycles. The van der Waals surface area contributed by atoms with Crippen LogP contribution in [0.4, 0.5) is 13.2 Å². The molecule has 0 saturated heterocycles. The van der Waals surface area contributed by atoms with Crippen molar-refractivity contribution in [2.45, 2.75) is 37.4 Å². The van der Waals surface area contributed by atoms with E-state index < -0.39 is 17.6 Å². The van der Waals surface area contributed by atoms with Gasteiger partial charge >= 0.3 is 6.18 Å². The lowest BCUT2D eigenvalue weighted by atomic mass is 10.0. The summed E-state index contributed by atoms with van der Waals surface area (Å²) in [5, 5.41) is 3.49. The first-order chi connectivity index (χ1) is 6.82. The van der Waals surface area contributed by atoms with Crippen molar-refractivity contribution < 1.29 is 17.7 Å². The molecule has 0 aromatic carbocycles. The number of nitrogens with zero attached hydrogens (tertiary/aromatic N) is 2. The normalized spacial score (nSPS) is 21.4. The van der Waals surface area contributed by atoms with Crippen LogP contribution >= 0.6 is 0 Å². The van der Waals surface area contributed by atoms with Crippen molar-refractivity contribution in [1.29, 1.82) is 0 Å². The molecule has 84 valence electrons. The Labute approximate surface area is 83.6 Å². The topological polar surface area (TPSA) is 64.9 Å². The second-order valence-corrected chi connectivity index (χ2v) is 3.93. The number of rotatable bonds is 2. The molecule has 15 heavy (non-hydrogen) atoms. The fraction of sp³-hybridized carbons (Fsp3) is 0.750. The number of halogens is 3. The van der Waals surface area contributed by atoms with E-state index in [1.165, 1.54) is 0 Å². The van der Waals surface area contributed by atoms with Crippen LogP contribution in [-0.2, 0) is 5.54 Å². The molecule has 2 rings (SSSR count). The summed E-state index contributed by atoms with van der Waals surface area (Å²) in [6.07, 6.45) is -2.81. The summed E-state index contributed by atoms with van der Waals surface area (Å²) in [6, 6.07) is 0. The van der Waals surface area contributed by atoms with Crippen LogP contribution in [0.25, 0.3) is 0 Å². The van der Waals surface area contributed by atoms with Gasteiger partial charge in [0.1, 0.15) is 0 Å². The standard InChI is InChI=1S/C8H10F3N3O/c1-7(12,8(9,10)11)6-13-5(14-15-6)4-2-3-4/h4H,2-3,12H2,1H3. The average molecular weight is 221 g/mol. The van der Waals surface area contributed by atoms with E-state index in [0.29, 0.717) is 5.82 Å². The third-order valence-corrected chi connectivity index (χ3v) is 2.42. The minimum Gasteiger partial charge on any atom is -0.337 e. The van der Waals surface area contributed by atoms with E-state index in [1.807, 2.05) is 0 Å². The van der Waals surface area contributed by atoms with Gasteiger partial charge in [0, 0.05) is 5.92 Å². The summed E-state index contributed by atoms with van der Waals surface area (Å²) >= 11 is 0. The van der Waals surface area contributed by atoms with E-state index in [9.17, 15) is 13.2 Å². The van der Waals surface area contributed by atoms with E-state index in [0.717, 1.165) is 19.8 Å². The van der Waals surface area contributed by atoms with Gasteiger partial charge in [-0.3, -0.25) is 0 Å². The molecule has 0 amide bonds. The van der Waals surface area contributed by atoms with Crippen LogP contribution in [0, 0.1) is 0 Å². The Morgan fingerprint density at radius 1 is 1.40 bits per heavy atom. The molecule has 1 atom stereocenters. The van der Waals surface area contributed by atoms with Gasteiger partial charge in [0.2, 0.25) is 0 Å². The second-order valence-electron chi connectivity index (χ2n) is 3.93. The lowest BCUT2D eigenvalue weighted by Gasteiger charge is -2.22. The van der Waals surface area contributed by atoms with Gasteiger partial charge in [-0.15, -0.1) is 0 Å². The summed E-state index contributed by atoms with van der Waals surface area (Å²) in [5.74, 6) is -0.102. The van der Waals surface area contributed by atoms with Crippen molar-refractivity contribution in [3.63, 3.8) is 0 Å². The fourth-order valence-corrected chi connectivity index (χ4v) is 1.07. The van der Waals surface area contributed by atoms with Gasteiger partial charge in [-0.1, -0.05) is 5.16 Å². The van der Waals surface area contributed by atoms with Crippen molar-refractivity contribution in [2.24, 2.45) is 5.73 Å². The van der Waals surface area contributed by atoms with Gasteiger partial charge in [-0.2, -0.15) is 18.2 Å². The Morgan fingerprint density at radius 2 is 2.00 bits per heavy atom. The van der Waals surface area contributed by atoms with Crippen molar-refractivity contribution in [2.75, 3.05) is 0 Å². The first-order valence-corrected chi connectivity index (χ1v) is 4.52. The molecule has 1 heterocycles. The zero-order valence-electron chi connectivity index (χ0n) is 8.01. The van der Waals surface area contributed by atoms with E-state index in [4.69, 9.17) is 5.73 Å². The molecule has 4 nitrogen and oxygen atoms in total. The zero-order valence-corrected chi connectivity index (χ0v) is 8.01. The minimum absolute atomic E-state index is 0.145. The number of nitrogens with two attached hydrogens (primary N) is 1. The van der Waals surface area contributed by atoms with Crippen LogP contribution < -0.4 is 5.73 Å². The molecule has 7 heteroatoms. The van der Waals surface area contributed by atoms with Crippen molar-refractivity contribution in [3.8, 4) is 0 Å². The maximum Gasteiger partial charge on any atom is 0.415 e. The maximum absolute atomic E-state index is 12.5. The van der Waals surface area contributed by atoms with Crippen LogP contribution in [0.15, 0.2) is 4.52 Å². The quantitative estimate of drug-likeness (QED) is 0.825. The van der Waals surface area contributed by atoms with Gasteiger partial charge in [0.05, 0.1) is 0 Å². The molecule has 1 aliphatic rings. The summed E-state index contributed by atoms with van der Waals surface area (Å²) < 4.78 is 42.0. The van der Waals surface area contributed by atoms with Crippen LogP contribution in [0.3, 0.4) is 0 Å². The van der Waals surface area contributed by atoms with Gasteiger partial charge in [0.15, 0.2) is 11.4 Å². The van der Waals surface area contributed by atoms with Crippen LogP contribution in [0.1, 0.15) is 37.4 Å². The predicted octanol–water partition coefficient (Wildman–Crippen LogP) is 1.68. The smallest absolute Gasteiger partial charge is 0.337 e. The third kappa shape index (κ3) is 1.71. The Balaban J connectivity index is 2.27. The lowest BCUT2D eigenvalue weighted by molar-refractivity contribution is -0.190. The Morgan fingerprint density at radius 3 is 2.47 bits per heavy atom.